The first-order valence-corrected chi connectivity index (χ1v) is 5.59. The Kier molecular flexibility index (Phi) is 3.63. The van der Waals surface area contributed by atoms with Crippen molar-refractivity contribution in [2.45, 2.75) is 0 Å². The van der Waals surface area contributed by atoms with E-state index in [1.54, 1.807) is 31.6 Å². The molecule has 0 atom stereocenters. The fourth-order valence-electron chi connectivity index (χ4n) is 1.37. The molecule has 6 nitrogen and oxygen atoms in total. The molecule has 0 fully saturated rings. The van der Waals surface area contributed by atoms with Gasteiger partial charge in [-0.2, -0.15) is 0 Å². The number of H-pyrrole nitrogens is 1. The number of nitrogens with one attached hydrogen (secondary N) is 3. The lowest BCUT2D eigenvalue weighted by molar-refractivity contribution is 1.15. The van der Waals surface area contributed by atoms with Gasteiger partial charge in [-0.05, 0) is 24.4 Å². The normalized spacial score (nSPS) is 9.83. The Bertz CT molecular complexity index is 610. The maximum atomic E-state index is 11.6. The van der Waals surface area contributed by atoms with E-state index >= 15 is 0 Å². The molecule has 7 heteroatoms. The minimum absolute atomic E-state index is 0.245. The minimum atomic E-state index is -0.245. The second-order valence-electron chi connectivity index (χ2n) is 3.43. The van der Waals surface area contributed by atoms with Crippen LogP contribution in [0.4, 0.5) is 5.69 Å². The molecule has 0 aliphatic rings. The van der Waals surface area contributed by atoms with E-state index in [1.165, 1.54) is 6.33 Å². The molecule has 3 N–H and O–H groups in total. The van der Waals surface area contributed by atoms with Crippen LogP contribution in [0.25, 0.3) is 11.3 Å². The third-order valence-corrected chi connectivity index (χ3v) is 2.56. The first kappa shape index (κ1) is 12.2. The zero-order valence-electron chi connectivity index (χ0n) is 9.60. The van der Waals surface area contributed by atoms with Gasteiger partial charge in [0.1, 0.15) is 12.0 Å². The number of hydrogen-bond donors (Lipinski definition) is 3. The monoisotopic (exact) mass is 261 g/mol. The zero-order valence-corrected chi connectivity index (χ0v) is 10.4. The highest BCUT2D eigenvalue weighted by Gasteiger charge is 2.05. The number of nitrogens with zero attached hydrogens (tertiary/aromatic N) is 2. The topological polar surface area (TPSA) is 82.7 Å². The summed E-state index contributed by atoms with van der Waals surface area (Å²) in [7, 11) is 1.68. The van der Waals surface area contributed by atoms with Crippen molar-refractivity contribution in [3.8, 4) is 11.3 Å². The van der Waals surface area contributed by atoms with Crippen LogP contribution in [0.2, 0.25) is 0 Å². The molecule has 0 radical (unpaired) electrons. The Hall–Kier alpha value is -2.28. The average molecular weight is 261 g/mol. The van der Waals surface area contributed by atoms with Crippen molar-refractivity contribution >= 4 is 23.0 Å². The summed E-state index contributed by atoms with van der Waals surface area (Å²) >= 11 is 4.96. The fraction of sp³-hybridized carbons (Fsp3) is 0.0909. The van der Waals surface area contributed by atoms with Crippen LogP contribution in [0.5, 0.6) is 0 Å². The van der Waals surface area contributed by atoms with Crippen LogP contribution in [0, 0.1) is 0 Å². The van der Waals surface area contributed by atoms with Gasteiger partial charge in [0.2, 0.25) is 0 Å². The van der Waals surface area contributed by atoms with E-state index in [1.807, 2.05) is 0 Å². The van der Waals surface area contributed by atoms with E-state index in [-0.39, 0.29) is 5.56 Å². The van der Waals surface area contributed by atoms with Gasteiger partial charge in [-0.3, -0.25) is 4.79 Å². The highest BCUT2D eigenvalue weighted by atomic mass is 32.1. The predicted molar refractivity (Wildman–Crippen MR) is 73.4 cm³/mol. The standard InChI is InChI=1S/C11H11N5OS/c1-12-11(18)16-9-4-7(5-14-10(9)17)8-2-3-13-6-15-8/h2-6H,1H3,(H,14,17)(H2,12,16,18). The van der Waals surface area contributed by atoms with Gasteiger partial charge in [0.25, 0.3) is 5.56 Å². The van der Waals surface area contributed by atoms with Crippen LogP contribution in [0.15, 0.2) is 35.6 Å². The first-order valence-electron chi connectivity index (χ1n) is 5.18. The van der Waals surface area contributed by atoms with Crippen molar-refractivity contribution < 1.29 is 0 Å². The Morgan fingerprint density at radius 1 is 1.50 bits per heavy atom. The van der Waals surface area contributed by atoms with Gasteiger partial charge in [0, 0.05) is 25.0 Å². The summed E-state index contributed by atoms with van der Waals surface area (Å²) < 4.78 is 0. The predicted octanol–water partition coefficient (Wildman–Crippen LogP) is 0.748. The van der Waals surface area contributed by atoms with Gasteiger partial charge < -0.3 is 15.6 Å². The maximum Gasteiger partial charge on any atom is 0.271 e. The SMILES string of the molecule is CNC(=S)Nc1cc(-c2ccncn2)c[nH]c1=O. The van der Waals surface area contributed by atoms with E-state index in [2.05, 4.69) is 25.6 Å². The first-order chi connectivity index (χ1) is 8.70. The van der Waals surface area contributed by atoms with Crippen LogP contribution in [-0.4, -0.2) is 27.1 Å². The number of thiocarbonyl (C=S) groups is 1. The van der Waals surface area contributed by atoms with Crippen LogP contribution in [-0.2, 0) is 0 Å². The van der Waals surface area contributed by atoms with E-state index in [0.29, 0.717) is 10.8 Å². The quantitative estimate of drug-likeness (QED) is 0.692. The van der Waals surface area contributed by atoms with Crippen LogP contribution >= 0.6 is 12.2 Å². The Morgan fingerprint density at radius 3 is 3.00 bits per heavy atom. The molecule has 2 aromatic rings. The molecule has 0 unspecified atom stereocenters. The molecule has 2 rings (SSSR count). The van der Waals surface area contributed by atoms with Gasteiger partial charge in [-0.15, -0.1) is 0 Å². The summed E-state index contributed by atoms with van der Waals surface area (Å²) in [6.07, 6.45) is 4.68. The molecule has 0 saturated heterocycles. The van der Waals surface area contributed by atoms with Gasteiger partial charge in [0.15, 0.2) is 5.11 Å². The molecule has 0 bridgehead atoms. The summed E-state index contributed by atoms with van der Waals surface area (Å²) in [4.78, 5) is 22.2. The third-order valence-electron chi connectivity index (χ3n) is 2.26. The van der Waals surface area contributed by atoms with Gasteiger partial charge in [-0.25, -0.2) is 9.97 Å². The van der Waals surface area contributed by atoms with Crippen LogP contribution in [0.1, 0.15) is 0 Å². The Morgan fingerprint density at radius 2 is 2.33 bits per heavy atom. The summed E-state index contributed by atoms with van der Waals surface area (Å²) in [6.45, 7) is 0. The summed E-state index contributed by atoms with van der Waals surface area (Å²) in [5, 5.41) is 5.92. The number of hydrogen-bond acceptors (Lipinski definition) is 4. The number of aromatic amines is 1. The molecule has 0 aliphatic heterocycles. The molecule has 0 amide bonds. The molecular weight excluding hydrogens is 250 g/mol. The van der Waals surface area contributed by atoms with Crippen molar-refractivity contribution in [1.82, 2.24) is 20.3 Å². The maximum absolute atomic E-state index is 11.6. The number of pyridine rings is 1. The second kappa shape index (κ2) is 5.37. The zero-order chi connectivity index (χ0) is 13.0. The smallest absolute Gasteiger partial charge is 0.271 e. The van der Waals surface area contributed by atoms with Gasteiger partial charge >= 0.3 is 0 Å². The molecule has 18 heavy (non-hydrogen) atoms. The van der Waals surface area contributed by atoms with E-state index in [4.69, 9.17) is 12.2 Å². The summed E-state index contributed by atoms with van der Waals surface area (Å²) in [5.41, 5.74) is 1.62. The van der Waals surface area contributed by atoms with Crippen molar-refractivity contribution in [3.63, 3.8) is 0 Å². The second-order valence-corrected chi connectivity index (χ2v) is 3.84. The lowest BCUT2D eigenvalue weighted by Gasteiger charge is -2.07. The minimum Gasteiger partial charge on any atom is -0.366 e. The van der Waals surface area contributed by atoms with Crippen molar-refractivity contribution in [1.29, 1.82) is 0 Å². The number of aromatic nitrogens is 3. The number of rotatable bonds is 2. The van der Waals surface area contributed by atoms with E-state index in [0.717, 1.165) is 11.3 Å². The Labute approximate surface area is 108 Å². The molecule has 0 saturated carbocycles. The fourth-order valence-corrected chi connectivity index (χ4v) is 1.48. The van der Waals surface area contributed by atoms with Crippen molar-refractivity contribution in [2.75, 3.05) is 12.4 Å². The lowest BCUT2D eigenvalue weighted by Crippen LogP contribution is -2.27. The summed E-state index contributed by atoms with van der Waals surface area (Å²) in [6, 6.07) is 3.44. The molecular formula is C11H11N5OS. The molecule has 0 aliphatic carbocycles. The largest absolute Gasteiger partial charge is 0.366 e. The molecule has 2 aromatic heterocycles. The molecule has 2 heterocycles. The van der Waals surface area contributed by atoms with Gasteiger partial charge in [-0.1, -0.05) is 0 Å². The third kappa shape index (κ3) is 2.69. The highest BCUT2D eigenvalue weighted by molar-refractivity contribution is 7.80. The van der Waals surface area contributed by atoms with E-state index in [9.17, 15) is 4.79 Å². The molecule has 0 spiro atoms. The van der Waals surface area contributed by atoms with E-state index < -0.39 is 0 Å². The molecule has 92 valence electrons. The van der Waals surface area contributed by atoms with Crippen LogP contribution in [0.3, 0.4) is 0 Å². The Balaban J connectivity index is 2.38. The van der Waals surface area contributed by atoms with Crippen LogP contribution < -0.4 is 16.2 Å². The lowest BCUT2D eigenvalue weighted by atomic mass is 10.2. The summed E-state index contributed by atoms with van der Waals surface area (Å²) in [5.74, 6) is 0. The average Bonchev–Trinajstić information content (AvgIpc) is 2.42. The highest BCUT2D eigenvalue weighted by Crippen LogP contribution is 2.16. The molecule has 0 aromatic carbocycles. The van der Waals surface area contributed by atoms with Crippen molar-refractivity contribution in [2.24, 2.45) is 0 Å². The van der Waals surface area contributed by atoms with Gasteiger partial charge in [0.05, 0.1) is 5.69 Å². The number of anilines is 1. The van der Waals surface area contributed by atoms with Crippen molar-refractivity contribution in [3.05, 3.63) is 41.2 Å².